The molecule has 9 heteroatoms. The largest absolute Gasteiger partial charge is 0.332 e. The van der Waals surface area contributed by atoms with Gasteiger partial charge in [-0.3, -0.25) is 18.8 Å². The number of nitrogens with zero attached hydrogens (tertiary/aromatic N) is 2. The molecule has 7 nitrogen and oxygen atoms in total. The van der Waals surface area contributed by atoms with Gasteiger partial charge in [-0.2, -0.15) is 0 Å². The summed E-state index contributed by atoms with van der Waals surface area (Å²) in [6, 6.07) is 6.18. The normalized spacial score (nSPS) is 26.7. The highest BCUT2D eigenvalue weighted by molar-refractivity contribution is 7.89. The van der Waals surface area contributed by atoms with Crippen LogP contribution in [0.15, 0.2) is 24.3 Å². The summed E-state index contributed by atoms with van der Waals surface area (Å²) in [5.74, 6) is -0.0672. The van der Waals surface area contributed by atoms with Crippen LogP contribution >= 0.6 is 0 Å². The highest BCUT2D eigenvalue weighted by Gasteiger charge is 2.46. The van der Waals surface area contributed by atoms with Gasteiger partial charge < -0.3 is 4.90 Å². The molecule has 0 unspecified atom stereocenters. The smallest absolute Gasteiger partial charge is 0.226 e. The Labute approximate surface area is 245 Å². The molecule has 2 aliphatic carbocycles. The number of halogens is 1. The van der Waals surface area contributed by atoms with E-state index in [-0.39, 0.29) is 42.5 Å². The van der Waals surface area contributed by atoms with E-state index >= 15 is 0 Å². The van der Waals surface area contributed by atoms with Crippen molar-refractivity contribution >= 4 is 27.5 Å². The zero-order valence-electron chi connectivity index (χ0n) is 24.9. The first-order valence-electron chi connectivity index (χ1n) is 15.4. The lowest BCUT2D eigenvalue weighted by Crippen LogP contribution is -2.48. The highest BCUT2D eigenvalue weighted by atomic mass is 32.2. The van der Waals surface area contributed by atoms with Gasteiger partial charge in [-0.05, 0) is 61.3 Å². The van der Waals surface area contributed by atoms with Crippen LogP contribution in [0.25, 0.3) is 0 Å². The first-order chi connectivity index (χ1) is 19.5. The van der Waals surface area contributed by atoms with Crippen LogP contribution < -0.4 is 0 Å². The van der Waals surface area contributed by atoms with Crippen LogP contribution in [-0.4, -0.2) is 74.2 Å². The summed E-state index contributed by atoms with van der Waals surface area (Å²) in [4.78, 5) is 42.2. The second kappa shape index (κ2) is 13.9. The third-order valence-corrected chi connectivity index (χ3v) is 11.7. The lowest BCUT2D eigenvalue weighted by molar-refractivity contribution is -0.143. The fourth-order valence-electron chi connectivity index (χ4n) is 7.32. The molecule has 2 saturated carbocycles. The number of amides is 1. The average Bonchev–Trinajstić information content (AvgIpc) is 3.42. The summed E-state index contributed by atoms with van der Waals surface area (Å²) in [5, 5.41) is 0. The van der Waals surface area contributed by atoms with Crippen LogP contribution in [-0.2, 0) is 26.0 Å². The summed E-state index contributed by atoms with van der Waals surface area (Å²) in [6.07, 6.45) is 10.1. The monoisotopic (exact) mass is 590 g/mol. The van der Waals surface area contributed by atoms with Gasteiger partial charge in [-0.1, -0.05) is 63.3 Å². The highest BCUT2D eigenvalue weighted by Crippen LogP contribution is 2.42. The standard InChI is InChI=1S/C32H47FN2O5S/c1-22(20-33)24-13-15-27(16-14-24)32(38)35-18-17-28(25-7-5-4-6-8-25)31(35)29(36)19-23-9-11-26(12-10-23)30(37)21-41(39,40)34(2)3/h9-12,22,24-25,27-28,31H,4-8,13-21H2,1-3H3/t22-,24?,27?,28+,31+/m1/s1. The van der Waals surface area contributed by atoms with Crippen molar-refractivity contribution in [3.05, 3.63) is 35.4 Å². The molecule has 1 heterocycles. The van der Waals surface area contributed by atoms with Crippen molar-refractivity contribution < 1.29 is 27.2 Å². The van der Waals surface area contributed by atoms with Crippen LogP contribution in [0.1, 0.15) is 87.1 Å². The first-order valence-corrected chi connectivity index (χ1v) is 17.0. The Bertz CT molecular complexity index is 1170. The van der Waals surface area contributed by atoms with E-state index in [0.717, 1.165) is 54.8 Å². The predicted octanol–water partition coefficient (Wildman–Crippen LogP) is 5.08. The number of ketones is 2. The summed E-state index contributed by atoms with van der Waals surface area (Å²) in [7, 11) is -0.868. The molecule has 1 aliphatic heterocycles. The molecule has 41 heavy (non-hydrogen) atoms. The summed E-state index contributed by atoms with van der Waals surface area (Å²) < 4.78 is 38.5. The number of benzene rings is 1. The summed E-state index contributed by atoms with van der Waals surface area (Å²) in [6.45, 7) is 2.25. The average molecular weight is 591 g/mol. The molecule has 3 fully saturated rings. The van der Waals surface area contributed by atoms with Gasteiger partial charge in [-0.15, -0.1) is 0 Å². The second-order valence-corrected chi connectivity index (χ2v) is 15.1. The predicted molar refractivity (Wildman–Crippen MR) is 158 cm³/mol. The van der Waals surface area contributed by atoms with Crippen molar-refractivity contribution in [2.24, 2.45) is 29.6 Å². The number of hydrogen-bond acceptors (Lipinski definition) is 5. The summed E-state index contributed by atoms with van der Waals surface area (Å²) in [5.41, 5.74) is 1.05. The summed E-state index contributed by atoms with van der Waals surface area (Å²) >= 11 is 0. The fourth-order valence-corrected chi connectivity index (χ4v) is 8.08. The van der Waals surface area contributed by atoms with Crippen LogP contribution in [0.2, 0.25) is 0 Å². The third kappa shape index (κ3) is 7.64. The molecule has 0 aromatic heterocycles. The Morgan fingerprint density at radius 2 is 1.59 bits per heavy atom. The maximum atomic E-state index is 13.9. The van der Waals surface area contributed by atoms with Crippen molar-refractivity contribution in [1.82, 2.24) is 9.21 Å². The first kappa shape index (κ1) is 31.8. The molecule has 0 radical (unpaired) electrons. The number of carbonyl (C=O) groups excluding carboxylic acids is 3. The minimum absolute atomic E-state index is 0.0296. The lowest BCUT2D eigenvalue weighted by Gasteiger charge is -2.37. The molecule has 1 aromatic carbocycles. The number of Topliss-reactive ketones (excluding diaryl/α,β-unsaturated/α-hetero) is 2. The number of carbonyl (C=O) groups is 3. The molecule has 0 N–H and O–H groups in total. The van der Waals surface area contributed by atoms with Gasteiger partial charge in [0.05, 0.1) is 12.7 Å². The number of rotatable bonds is 11. The van der Waals surface area contributed by atoms with Gasteiger partial charge in [0.25, 0.3) is 0 Å². The molecule has 4 rings (SSSR count). The van der Waals surface area contributed by atoms with Gasteiger partial charge >= 0.3 is 0 Å². The third-order valence-electron chi connectivity index (χ3n) is 10.0. The molecule has 1 saturated heterocycles. The Balaban J connectivity index is 1.46. The quantitative estimate of drug-likeness (QED) is 0.335. The van der Waals surface area contributed by atoms with Crippen LogP contribution in [0.3, 0.4) is 0 Å². The molecular weight excluding hydrogens is 543 g/mol. The van der Waals surface area contributed by atoms with E-state index in [2.05, 4.69) is 0 Å². The van der Waals surface area contributed by atoms with Crippen molar-refractivity contribution in [1.29, 1.82) is 0 Å². The van der Waals surface area contributed by atoms with E-state index in [0.29, 0.717) is 23.9 Å². The zero-order valence-corrected chi connectivity index (χ0v) is 25.7. The number of hydrogen-bond donors (Lipinski definition) is 0. The van der Waals surface area contributed by atoms with Crippen molar-refractivity contribution in [2.75, 3.05) is 33.1 Å². The molecule has 0 spiro atoms. The van der Waals surface area contributed by atoms with Crippen LogP contribution in [0.4, 0.5) is 4.39 Å². The Morgan fingerprint density at radius 3 is 2.17 bits per heavy atom. The van der Waals surface area contributed by atoms with Gasteiger partial charge in [0, 0.05) is 38.5 Å². The number of likely N-dealkylation sites (tertiary alicyclic amines) is 1. The Kier molecular flexibility index (Phi) is 10.8. The van der Waals surface area contributed by atoms with E-state index in [4.69, 9.17) is 0 Å². The molecule has 1 amide bonds. The Morgan fingerprint density at radius 1 is 0.951 bits per heavy atom. The molecule has 3 atom stereocenters. The van der Waals surface area contributed by atoms with Gasteiger partial charge in [0.1, 0.15) is 5.75 Å². The van der Waals surface area contributed by atoms with Crippen LogP contribution in [0.5, 0.6) is 0 Å². The van der Waals surface area contributed by atoms with Crippen molar-refractivity contribution in [2.45, 2.75) is 83.6 Å². The topological polar surface area (TPSA) is 91.8 Å². The maximum Gasteiger partial charge on any atom is 0.226 e. The van der Waals surface area contributed by atoms with Crippen LogP contribution in [0, 0.1) is 29.6 Å². The van der Waals surface area contributed by atoms with E-state index < -0.39 is 27.6 Å². The molecule has 3 aliphatic rings. The Hall–Kier alpha value is -2.13. The van der Waals surface area contributed by atoms with Crippen molar-refractivity contribution in [3.63, 3.8) is 0 Å². The lowest BCUT2D eigenvalue weighted by atomic mass is 9.74. The van der Waals surface area contributed by atoms with E-state index in [1.165, 1.54) is 33.4 Å². The SMILES string of the molecule is C[C@H](CF)C1CCC(C(=O)N2CC[C@@H](C3CCCCC3)[C@H]2C(=O)Cc2ccc(C(=O)CS(=O)(=O)N(C)C)cc2)CC1. The minimum Gasteiger partial charge on any atom is -0.332 e. The number of alkyl halides is 1. The van der Waals surface area contributed by atoms with Gasteiger partial charge in [0.2, 0.25) is 15.9 Å². The molecular formula is C32H47FN2O5S. The van der Waals surface area contributed by atoms with E-state index in [1.54, 1.807) is 24.3 Å². The van der Waals surface area contributed by atoms with E-state index in [1.807, 2.05) is 11.8 Å². The van der Waals surface area contributed by atoms with E-state index in [9.17, 15) is 27.2 Å². The van der Waals surface area contributed by atoms with Gasteiger partial charge in [-0.25, -0.2) is 12.7 Å². The van der Waals surface area contributed by atoms with Gasteiger partial charge in [0.15, 0.2) is 11.6 Å². The number of sulfonamides is 1. The minimum atomic E-state index is -3.66. The second-order valence-electron chi connectivity index (χ2n) is 12.9. The van der Waals surface area contributed by atoms with Crippen molar-refractivity contribution in [3.8, 4) is 0 Å². The fraction of sp³-hybridized carbons (Fsp3) is 0.719. The maximum absolute atomic E-state index is 13.9. The molecule has 0 bridgehead atoms. The molecule has 1 aromatic rings. The zero-order chi connectivity index (χ0) is 29.7. The molecule has 228 valence electrons.